The molecule has 0 fully saturated rings. The van der Waals surface area contributed by atoms with Crippen molar-refractivity contribution in [3.8, 4) is 11.8 Å². The summed E-state index contributed by atoms with van der Waals surface area (Å²) in [6.07, 6.45) is -0.853. The minimum absolute atomic E-state index is 0.0240. The van der Waals surface area contributed by atoms with E-state index in [2.05, 4.69) is 10.0 Å². The maximum absolute atomic E-state index is 12.9. The van der Waals surface area contributed by atoms with Gasteiger partial charge in [0, 0.05) is 10.7 Å². The van der Waals surface area contributed by atoms with Gasteiger partial charge in [-0.3, -0.25) is 9.52 Å². The van der Waals surface area contributed by atoms with Crippen LogP contribution in [0, 0.1) is 18.3 Å². The summed E-state index contributed by atoms with van der Waals surface area (Å²) in [5, 5.41) is 11.9. The Kier molecular flexibility index (Phi) is 7.03. The lowest BCUT2D eigenvalue weighted by Crippen LogP contribution is -2.30. The van der Waals surface area contributed by atoms with E-state index in [4.69, 9.17) is 21.6 Å². The summed E-state index contributed by atoms with van der Waals surface area (Å²) < 4.78 is 33.9. The van der Waals surface area contributed by atoms with Crippen LogP contribution in [0.2, 0.25) is 5.02 Å². The first-order valence-corrected chi connectivity index (χ1v) is 11.4. The van der Waals surface area contributed by atoms with E-state index in [1.54, 1.807) is 68.4 Å². The third kappa shape index (κ3) is 5.78. The molecule has 1 atom stereocenters. The molecule has 7 nitrogen and oxygen atoms in total. The van der Waals surface area contributed by atoms with E-state index < -0.39 is 22.0 Å². The summed E-state index contributed by atoms with van der Waals surface area (Å²) in [5.74, 6) is -0.0195. The number of nitrogens with one attached hydrogen (secondary N) is 2. The Hall–Kier alpha value is -3.54. The van der Waals surface area contributed by atoms with Crippen molar-refractivity contribution >= 4 is 38.9 Å². The number of benzene rings is 3. The van der Waals surface area contributed by atoms with E-state index in [0.29, 0.717) is 33.3 Å². The number of ether oxygens (including phenoxy) is 1. The number of hydrogen-bond acceptors (Lipinski definition) is 5. The van der Waals surface area contributed by atoms with Gasteiger partial charge in [0.2, 0.25) is 0 Å². The molecule has 3 rings (SSSR count). The van der Waals surface area contributed by atoms with Crippen LogP contribution in [-0.2, 0) is 14.8 Å². The van der Waals surface area contributed by atoms with E-state index in [1.807, 2.05) is 6.07 Å². The monoisotopic (exact) mass is 469 g/mol. The Labute approximate surface area is 191 Å². The number of amides is 1. The molecule has 164 valence electrons. The molecule has 9 heteroatoms. The molecule has 3 aromatic carbocycles. The molecule has 0 bridgehead atoms. The largest absolute Gasteiger partial charge is 0.481 e. The number of carbonyl (C=O) groups is 1. The lowest BCUT2D eigenvalue weighted by molar-refractivity contribution is -0.122. The van der Waals surface area contributed by atoms with Gasteiger partial charge in [-0.15, -0.1) is 0 Å². The summed E-state index contributed by atoms with van der Waals surface area (Å²) in [5.41, 5.74) is 1.63. The van der Waals surface area contributed by atoms with Crippen LogP contribution in [0.5, 0.6) is 5.75 Å². The number of aryl methyl sites for hydroxylation is 1. The average molecular weight is 470 g/mol. The second-order valence-corrected chi connectivity index (χ2v) is 9.07. The predicted octanol–water partition coefficient (Wildman–Crippen LogP) is 4.73. The van der Waals surface area contributed by atoms with E-state index >= 15 is 0 Å². The number of sulfonamides is 1. The normalized spacial score (nSPS) is 11.8. The zero-order valence-electron chi connectivity index (χ0n) is 17.3. The second kappa shape index (κ2) is 9.73. The number of hydrogen-bond donors (Lipinski definition) is 2. The van der Waals surface area contributed by atoms with Gasteiger partial charge in [0.1, 0.15) is 5.75 Å². The van der Waals surface area contributed by atoms with Gasteiger partial charge in [-0.1, -0.05) is 23.7 Å². The van der Waals surface area contributed by atoms with Gasteiger partial charge >= 0.3 is 0 Å². The SMILES string of the molecule is Cc1ccc(NC(=O)C(C)Oc2ccc(C#N)cc2)cc1S(=O)(=O)Nc1cccc(Cl)c1. The van der Waals surface area contributed by atoms with E-state index in [-0.39, 0.29) is 4.90 Å². The minimum atomic E-state index is -3.91. The van der Waals surface area contributed by atoms with Crippen molar-refractivity contribution in [2.24, 2.45) is 0 Å². The van der Waals surface area contributed by atoms with Crippen LogP contribution < -0.4 is 14.8 Å². The number of carbonyl (C=O) groups excluding carboxylic acids is 1. The molecule has 0 aliphatic heterocycles. The maximum Gasteiger partial charge on any atom is 0.265 e. The highest BCUT2D eigenvalue weighted by atomic mass is 35.5. The van der Waals surface area contributed by atoms with Crippen molar-refractivity contribution in [2.75, 3.05) is 10.0 Å². The lowest BCUT2D eigenvalue weighted by Gasteiger charge is -2.16. The summed E-state index contributed by atoms with van der Waals surface area (Å²) in [4.78, 5) is 12.6. The van der Waals surface area contributed by atoms with Crippen molar-refractivity contribution in [1.82, 2.24) is 0 Å². The van der Waals surface area contributed by atoms with Crippen molar-refractivity contribution in [1.29, 1.82) is 5.26 Å². The molecule has 2 N–H and O–H groups in total. The number of halogens is 1. The van der Waals surface area contributed by atoms with Crippen molar-refractivity contribution in [2.45, 2.75) is 24.8 Å². The highest BCUT2D eigenvalue weighted by Crippen LogP contribution is 2.24. The van der Waals surface area contributed by atoms with E-state index in [0.717, 1.165) is 0 Å². The Balaban J connectivity index is 1.74. The van der Waals surface area contributed by atoms with Crippen molar-refractivity contribution < 1.29 is 17.9 Å². The first-order valence-electron chi connectivity index (χ1n) is 9.54. The fourth-order valence-corrected chi connectivity index (χ4v) is 4.35. The van der Waals surface area contributed by atoms with Crippen LogP contribution in [0.1, 0.15) is 18.1 Å². The number of rotatable bonds is 7. The average Bonchev–Trinajstić information content (AvgIpc) is 2.75. The zero-order chi connectivity index (χ0) is 23.3. The molecule has 0 radical (unpaired) electrons. The minimum Gasteiger partial charge on any atom is -0.481 e. The molecule has 0 aliphatic carbocycles. The first-order chi connectivity index (χ1) is 15.2. The van der Waals surface area contributed by atoms with Crippen molar-refractivity contribution in [3.63, 3.8) is 0 Å². The van der Waals surface area contributed by atoms with Crippen LogP contribution in [0.4, 0.5) is 11.4 Å². The van der Waals surface area contributed by atoms with Gasteiger partial charge in [0.05, 0.1) is 22.2 Å². The van der Waals surface area contributed by atoms with Gasteiger partial charge in [-0.25, -0.2) is 8.42 Å². The molecule has 0 saturated heterocycles. The molecular weight excluding hydrogens is 450 g/mol. The van der Waals surface area contributed by atoms with Gasteiger partial charge in [0.15, 0.2) is 6.10 Å². The van der Waals surface area contributed by atoms with Gasteiger partial charge in [-0.05, 0) is 74.0 Å². The molecule has 3 aromatic rings. The molecule has 0 aliphatic rings. The quantitative estimate of drug-likeness (QED) is 0.520. The molecule has 0 spiro atoms. The van der Waals surface area contributed by atoms with Crippen LogP contribution in [0.25, 0.3) is 0 Å². The first kappa shape index (κ1) is 23.1. The molecular formula is C23H20ClN3O4S. The van der Waals surface area contributed by atoms with E-state index in [1.165, 1.54) is 12.1 Å². The lowest BCUT2D eigenvalue weighted by atomic mass is 10.2. The highest BCUT2D eigenvalue weighted by Gasteiger charge is 2.20. The van der Waals surface area contributed by atoms with Gasteiger partial charge in [0.25, 0.3) is 15.9 Å². The number of nitriles is 1. The van der Waals surface area contributed by atoms with Crippen LogP contribution in [0.15, 0.2) is 71.6 Å². The molecule has 0 saturated carbocycles. The summed E-state index contributed by atoms with van der Waals surface area (Å²) >= 11 is 5.93. The maximum atomic E-state index is 12.9. The topological polar surface area (TPSA) is 108 Å². The highest BCUT2D eigenvalue weighted by molar-refractivity contribution is 7.92. The zero-order valence-corrected chi connectivity index (χ0v) is 18.9. The molecule has 0 heterocycles. The van der Waals surface area contributed by atoms with Crippen LogP contribution in [-0.4, -0.2) is 20.4 Å². The van der Waals surface area contributed by atoms with Gasteiger partial charge in [-0.2, -0.15) is 5.26 Å². The summed E-state index contributed by atoms with van der Waals surface area (Å²) in [6.45, 7) is 3.23. The molecule has 32 heavy (non-hydrogen) atoms. The van der Waals surface area contributed by atoms with E-state index in [9.17, 15) is 13.2 Å². The Morgan fingerprint density at radius 1 is 1.06 bits per heavy atom. The number of nitrogens with zero attached hydrogens (tertiary/aromatic N) is 1. The molecule has 1 unspecified atom stereocenters. The number of anilines is 2. The Morgan fingerprint density at radius 2 is 1.78 bits per heavy atom. The smallest absolute Gasteiger partial charge is 0.265 e. The summed E-state index contributed by atoms with van der Waals surface area (Å²) in [6, 6.07) is 19.3. The van der Waals surface area contributed by atoms with Gasteiger partial charge < -0.3 is 10.1 Å². The predicted molar refractivity (Wildman–Crippen MR) is 123 cm³/mol. The van der Waals surface area contributed by atoms with Crippen LogP contribution >= 0.6 is 11.6 Å². The second-order valence-electron chi connectivity index (χ2n) is 6.98. The van der Waals surface area contributed by atoms with Crippen molar-refractivity contribution in [3.05, 3.63) is 82.9 Å². The third-order valence-corrected chi connectivity index (χ3v) is 6.25. The Morgan fingerprint density at radius 3 is 2.44 bits per heavy atom. The summed E-state index contributed by atoms with van der Waals surface area (Å²) in [7, 11) is -3.91. The standard InChI is InChI=1S/C23H20ClN3O4S/c1-15-6-9-19(13-22(15)32(29,30)27-20-5-3-4-18(24)12-20)26-23(28)16(2)31-21-10-7-17(14-25)8-11-21/h3-13,16,27H,1-2H3,(H,26,28). The third-order valence-electron chi connectivity index (χ3n) is 4.49. The fourth-order valence-electron chi connectivity index (χ4n) is 2.84. The molecule has 0 aromatic heterocycles. The Bertz CT molecular complexity index is 1290. The fraction of sp³-hybridized carbons (Fsp3) is 0.130. The molecule has 1 amide bonds. The van der Waals surface area contributed by atoms with Crippen LogP contribution in [0.3, 0.4) is 0 Å².